The largest absolute Gasteiger partial charge is 0.507 e. The second-order valence-electron chi connectivity index (χ2n) is 6.59. The first kappa shape index (κ1) is 15.9. The van der Waals surface area contributed by atoms with Crippen LogP contribution >= 0.6 is 0 Å². The predicted molar refractivity (Wildman–Crippen MR) is 85.6 cm³/mol. The molecule has 1 aromatic rings. The number of aryl methyl sites for hydroxylation is 1. The molecular weight excluding hydrogens is 262 g/mol. The van der Waals surface area contributed by atoms with Crippen molar-refractivity contribution < 1.29 is 9.90 Å². The van der Waals surface area contributed by atoms with E-state index in [2.05, 4.69) is 13.8 Å². The van der Waals surface area contributed by atoms with Crippen LogP contribution in [0.1, 0.15) is 61.9 Å². The van der Waals surface area contributed by atoms with E-state index in [1.807, 2.05) is 24.0 Å². The maximum Gasteiger partial charge on any atom is 0.257 e. The van der Waals surface area contributed by atoms with Crippen molar-refractivity contribution in [3.05, 3.63) is 29.3 Å². The normalized spacial score (nSPS) is 15.6. The van der Waals surface area contributed by atoms with Crippen LogP contribution in [0.25, 0.3) is 0 Å². The van der Waals surface area contributed by atoms with Crippen molar-refractivity contribution in [3.63, 3.8) is 0 Å². The smallest absolute Gasteiger partial charge is 0.257 e. The van der Waals surface area contributed by atoms with Crippen LogP contribution in [0, 0.1) is 12.8 Å². The lowest BCUT2D eigenvalue weighted by Gasteiger charge is -2.30. The highest BCUT2D eigenvalue weighted by molar-refractivity contribution is 5.97. The van der Waals surface area contributed by atoms with Crippen LogP contribution in [-0.4, -0.2) is 28.5 Å². The SMILES string of the molecule is Cc1cccc(C(=O)N(CCC(C)C)C2CCCC2)c1O. The molecular formula is C18H27NO2. The summed E-state index contributed by atoms with van der Waals surface area (Å²) in [6.45, 7) is 6.98. The van der Waals surface area contributed by atoms with Crippen LogP contribution in [0.4, 0.5) is 0 Å². The third-order valence-corrected chi connectivity index (χ3v) is 4.44. The van der Waals surface area contributed by atoms with Gasteiger partial charge in [-0.2, -0.15) is 0 Å². The van der Waals surface area contributed by atoms with Gasteiger partial charge in [-0.1, -0.05) is 38.8 Å². The minimum absolute atomic E-state index is 0.0104. The van der Waals surface area contributed by atoms with E-state index in [-0.39, 0.29) is 11.7 Å². The standard InChI is InChI=1S/C18H27NO2/c1-13(2)11-12-19(15-8-4-5-9-15)18(21)16-10-6-7-14(3)17(16)20/h6-7,10,13,15,20H,4-5,8-9,11-12H2,1-3H3. The Labute approximate surface area is 128 Å². The van der Waals surface area contributed by atoms with E-state index in [0.29, 0.717) is 17.5 Å². The molecule has 116 valence electrons. The average Bonchev–Trinajstić information content (AvgIpc) is 2.95. The second-order valence-corrected chi connectivity index (χ2v) is 6.59. The Bertz CT molecular complexity index is 490. The van der Waals surface area contributed by atoms with Crippen LogP contribution in [0.15, 0.2) is 18.2 Å². The van der Waals surface area contributed by atoms with Gasteiger partial charge in [0.15, 0.2) is 0 Å². The van der Waals surface area contributed by atoms with Gasteiger partial charge < -0.3 is 10.0 Å². The lowest BCUT2D eigenvalue weighted by Crippen LogP contribution is -2.40. The van der Waals surface area contributed by atoms with Gasteiger partial charge in [-0.3, -0.25) is 4.79 Å². The van der Waals surface area contributed by atoms with Gasteiger partial charge in [0.2, 0.25) is 0 Å². The number of hydrogen-bond donors (Lipinski definition) is 1. The summed E-state index contributed by atoms with van der Waals surface area (Å²) in [6, 6.07) is 5.76. The quantitative estimate of drug-likeness (QED) is 0.885. The number of phenols is 1. The molecule has 1 aliphatic carbocycles. The van der Waals surface area contributed by atoms with Gasteiger partial charge in [-0.15, -0.1) is 0 Å². The minimum Gasteiger partial charge on any atom is -0.507 e. The van der Waals surface area contributed by atoms with Crippen molar-refractivity contribution in [1.82, 2.24) is 4.90 Å². The maximum atomic E-state index is 12.9. The Morgan fingerprint density at radius 1 is 1.33 bits per heavy atom. The van der Waals surface area contributed by atoms with Gasteiger partial charge in [0.1, 0.15) is 5.75 Å². The Kier molecular flexibility index (Phi) is 5.27. The monoisotopic (exact) mass is 289 g/mol. The van der Waals surface area contributed by atoms with Gasteiger partial charge in [0.25, 0.3) is 5.91 Å². The lowest BCUT2D eigenvalue weighted by molar-refractivity contribution is 0.0668. The van der Waals surface area contributed by atoms with Crippen LogP contribution in [-0.2, 0) is 0 Å². The Morgan fingerprint density at radius 2 is 2.00 bits per heavy atom. The fourth-order valence-corrected chi connectivity index (χ4v) is 3.05. The number of benzene rings is 1. The number of aromatic hydroxyl groups is 1. The Balaban J connectivity index is 2.22. The summed E-state index contributed by atoms with van der Waals surface area (Å²) in [5.74, 6) is 0.701. The van der Waals surface area contributed by atoms with Gasteiger partial charge >= 0.3 is 0 Å². The van der Waals surface area contributed by atoms with Crippen LogP contribution < -0.4 is 0 Å². The summed E-state index contributed by atoms with van der Waals surface area (Å²) in [4.78, 5) is 14.9. The van der Waals surface area contributed by atoms with E-state index in [1.165, 1.54) is 12.8 Å². The predicted octanol–water partition coefficient (Wildman–Crippen LogP) is 4.13. The zero-order valence-corrected chi connectivity index (χ0v) is 13.4. The molecule has 1 fully saturated rings. The number of carbonyl (C=O) groups excluding carboxylic acids is 1. The first-order valence-electron chi connectivity index (χ1n) is 8.10. The molecule has 1 amide bonds. The van der Waals surface area contributed by atoms with Crippen LogP contribution in [0.5, 0.6) is 5.75 Å². The van der Waals surface area contributed by atoms with E-state index in [0.717, 1.165) is 31.4 Å². The van der Waals surface area contributed by atoms with E-state index in [4.69, 9.17) is 0 Å². The van der Waals surface area contributed by atoms with Crippen molar-refractivity contribution >= 4 is 5.91 Å². The summed E-state index contributed by atoms with van der Waals surface area (Å²) >= 11 is 0. The summed E-state index contributed by atoms with van der Waals surface area (Å²) in [6.07, 6.45) is 5.60. The lowest BCUT2D eigenvalue weighted by atomic mass is 10.0. The van der Waals surface area contributed by atoms with E-state index >= 15 is 0 Å². The number of carbonyl (C=O) groups is 1. The number of para-hydroxylation sites is 1. The number of phenolic OH excluding ortho intramolecular Hbond substituents is 1. The average molecular weight is 289 g/mol. The third kappa shape index (κ3) is 3.78. The van der Waals surface area contributed by atoms with Crippen LogP contribution in [0.3, 0.4) is 0 Å². The first-order valence-corrected chi connectivity index (χ1v) is 8.10. The van der Waals surface area contributed by atoms with Crippen molar-refractivity contribution in [3.8, 4) is 5.75 Å². The van der Waals surface area contributed by atoms with Crippen LogP contribution in [0.2, 0.25) is 0 Å². The number of nitrogens with zero attached hydrogens (tertiary/aromatic N) is 1. The summed E-state index contributed by atoms with van der Waals surface area (Å²) in [5, 5.41) is 10.2. The molecule has 1 aromatic carbocycles. The van der Waals surface area contributed by atoms with Crippen molar-refractivity contribution in [1.29, 1.82) is 0 Å². The zero-order chi connectivity index (χ0) is 15.4. The van der Waals surface area contributed by atoms with Gasteiger partial charge in [0, 0.05) is 12.6 Å². The van der Waals surface area contributed by atoms with Crippen molar-refractivity contribution in [2.45, 2.75) is 58.9 Å². The molecule has 0 spiro atoms. The van der Waals surface area contributed by atoms with Gasteiger partial charge in [-0.05, 0) is 43.7 Å². The number of hydrogen-bond acceptors (Lipinski definition) is 2. The highest BCUT2D eigenvalue weighted by Crippen LogP contribution is 2.29. The van der Waals surface area contributed by atoms with Crippen molar-refractivity contribution in [2.24, 2.45) is 5.92 Å². The van der Waals surface area contributed by atoms with E-state index < -0.39 is 0 Å². The molecule has 1 aliphatic rings. The molecule has 1 saturated carbocycles. The third-order valence-electron chi connectivity index (χ3n) is 4.44. The Morgan fingerprint density at radius 3 is 2.62 bits per heavy atom. The number of amides is 1. The minimum atomic E-state index is -0.0104. The molecule has 0 aromatic heterocycles. The topological polar surface area (TPSA) is 40.5 Å². The molecule has 0 radical (unpaired) electrons. The molecule has 2 rings (SSSR count). The molecule has 21 heavy (non-hydrogen) atoms. The van der Waals surface area contributed by atoms with Crippen molar-refractivity contribution in [2.75, 3.05) is 6.54 Å². The molecule has 0 aliphatic heterocycles. The fourth-order valence-electron chi connectivity index (χ4n) is 3.05. The highest BCUT2D eigenvalue weighted by atomic mass is 16.3. The van der Waals surface area contributed by atoms with Gasteiger partial charge in [0.05, 0.1) is 5.56 Å². The summed E-state index contributed by atoms with van der Waals surface area (Å²) in [7, 11) is 0. The molecule has 3 heteroatoms. The van der Waals surface area contributed by atoms with E-state index in [9.17, 15) is 9.90 Å². The molecule has 0 atom stereocenters. The zero-order valence-electron chi connectivity index (χ0n) is 13.4. The first-order chi connectivity index (χ1) is 10.0. The molecule has 0 saturated heterocycles. The summed E-state index contributed by atoms with van der Waals surface area (Å²) in [5.41, 5.74) is 1.21. The molecule has 1 N–H and O–H groups in total. The fraction of sp³-hybridized carbons (Fsp3) is 0.611. The van der Waals surface area contributed by atoms with E-state index in [1.54, 1.807) is 6.07 Å². The number of rotatable bonds is 5. The maximum absolute atomic E-state index is 12.9. The Hall–Kier alpha value is -1.51. The summed E-state index contributed by atoms with van der Waals surface area (Å²) < 4.78 is 0. The van der Waals surface area contributed by atoms with Gasteiger partial charge in [-0.25, -0.2) is 0 Å². The molecule has 0 heterocycles. The second kappa shape index (κ2) is 6.97. The molecule has 3 nitrogen and oxygen atoms in total. The molecule has 0 bridgehead atoms. The highest BCUT2D eigenvalue weighted by Gasteiger charge is 2.28. The molecule has 0 unspecified atom stereocenters.